The summed E-state index contributed by atoms with van der Waals surface area (Å²) in [6, 6.07) is 6.63. The molecular formula is C20H28N2O5. The van der Waals surface area contributed by atoms with Crippen molar-refractivity contribution < 1.29 is 24.2 Å². The van der Waals surface area contributed by atoms with Crippen molar-refractivity contribution >= 4 is 23.5 Å². The molecule has 0 aliphatic heterocycles. The van der Waals surface area contributed by atoms with E-state index < -0.39 is 24.1 Å². The smallest absolute Gasteiger partial charge is 0.338 e. The summed E-state index contributed by atoms with van der Waals surface area (Å²) in [5.74, 6) is -1.30. The van der Waals surface area contributed by atoms with Gasteiger partial charge in [-0.15, -0.1) is 0 Å². The molecule has 1 aliphatic rings. The van der Waals surface area contributed by atoms with Crippen LogP contribution in [-0.4, -0.2) is 41.6 Å². The summed E-state index contributed by atoms with van der Waals surface area (Å²) in [6.07, 6.45) is 3.21. The third-order valence-electron chi connectivity index (χ3n) is 4.51. The lowest BCUT2D eigenvalue weighted by atomic mass is 9.85. The number of para-hydroxylation sites is 1. The Morgan fingerprint density at radius 1 is 1.15 bits per heavy atom. The lowest BCUT2D eigenvalue weighted by Crippen LogP contribution is -2.42. The average Bonchev–Trinajstić information content (AvgIpc) is 2.65. The second-order valence-corrected chi connectivity index (χ2v) is 7.37. The van der Waals surface area contributed by atoms with Gasteiger partial charge in [0.15, 0.2) is 12.2 Å². The number of carbonyl (C=O) groups excluding carboxylic acids is 3. The number of hydrogen-bond donors (Lipinski definition) is 3. The highest BCUT2D eigenvalue weighted by atomic mass is 16.6. The first kappa shape index (κ1) is 20.9. The van der Waals surface area contributed by atoms with Crippen molar-refractivity contribution in [2.24, 2.45) is 5.92 Å². The maximum atomic E-state index is 12.3. The zero-order chi connectivity index (χ0) is 19.9. The molecule has 0 spiro atoms. The Bertz CT molecular complexity index is 681. The molecule has 0 aromatic heterocycles. The summed E-state index contributed by atoms with van der Waals surface area (Å²) in [5.41, 5.74) is -0.812. The van der Waals surface area contributed by atoms with Gasteiger partial charge in [0, 0.05) is 6.54 Å². The highest BCUT2D eigenvalue weighted by molar-refractivity contribution is 6.04. The number of ether oxygens (including phenoxy) is 1. The van der Waals surface area contributed by atoms with Gasteiger partial charge >= 0.3 is 5.97 Å². The van der Waals surface area contributed by atoms with E-state index in [1.54, 1.807) is 24.3 Å². The minimum Gasteiger partial charge on any atom is -0.453 e. The third kappa shape index (κ3) is 6.06. The quantitative estimate of drug-likeness (QED) is 0.633. The van der Waals surface area contributed by atoms with Gasteiger partial charge in [0.2, 0.25) is 0 Å². The van der Waals surface area contributed by atoms with Gasteiger partial charge in [0.05, 0.1) is 11.3 Å². The fourth-order valence-corrected chi connectivity index (χ4v) is 2.97. The minimum atomic E-state index is -1.49. The van der Waals surface area contributed by atoms with Gasteiger partial charge in [0.1, 0.15) is 0 Å². The van der Waals surface area contributed by atoms with Crippen LogP contribution in [0.25, 0.3) is 0 Å². The predicted molar refractivity (Wildman–Crippen MR) is 101 cm³/mol. The summed E-state index contributed by atoms with van der Waals surface area (Å²) >= 11 is 0. The second kappa shape index (κ2) is 9.50. The normalized spacial score (nSPS) is 15.9. The van der Waals surface area contributed by atoms with Crippen LogP contribution in [0.4, 0.5) is 5.69 Å². The molecule has 2 rings (SSSR count). The van der Waals surface area contributed by atoms with Crippen LogP contribution >= 0.6 is 0 Å². The fourth-order valence-electron chi connectivity index (χ4n) is 2.97. The van der Waals surface area contributed by atoms with E-state index in [0.717, 1.165) is 19.3 Å². The van der Waals surface area contributed by atoms with Crippen LogP contribution in [0, 0.1) is 5.92 Å². The van der Waals surface area contributed by atoms with Crippen LogP contribution in [0.1, 0.15) is 56.3 Å². The van der Waals surface area contributed by atoms with E-state index in [-0.39, 0.29) is 5.91 Å². The van der Waals surface area contributed by atoms with Crippen molar-refractivity contribution in [3.8, 4) is 0 Å². The molecule has 0 unspecified atom stereocenters. The van der Waals surface area contributed by atoms with E-state index in [1.165, 1.54) is 0 Å². The fraction of sp³-hybridized carbons (Fsp3) is 0.550. The molecule has 27 heavy (non-hydrogen) atoms. The van der Waals surface area contributed by atoms with Gasteiger partial charge in [-0.3, -0.25) is 9.59 Å². The van der Waals surface area contributed by atoms with Crippen LogP contribution in [0.3, 0.4) is 0 Å². The molecule has 0 atom stereocenters. The summed E-state index contributed by atoms with van der Waals surface area (Å²) < 4.78 is 5.00. The number of carbonyl (C=O) groups is 3. The molecule has 1 aliphatic carbocycles. The first-order chi connectivity index (χ1) is 12.8. The standard InChI is InChI=1S/C20H28N2O5/c1-14(2)12-21-18(24)15-8-4-5-9-16(15)22-17(23)13-27-19(25)20(26)10-6-3-7-11-20/h4-5,8-9,14,26H,3,6-7,10-13H2,1-2H3,(H,21,24)(H,22,23). The number of amides is 2. The lowest BCUT2D eigenvalue weighted by molar-refractivity contribution is -0.170. The maximum Gasteiger partial charge on any atom is 0.338 e. The van der Waals surface area contributed by atoms with Gasteiger partial charge < -0.3 is 20.5 Å². The first-order valence-electron chi connectivity index (χ1n) is 9.38. The number of hydrogen-bond acceptors (Lipinski definition) is 5. The number of esters is 1. The van der Waals surface area contributed by atoms with E-state index in [9.17, 15) is 19.5 Å². The molecule has 1 aromatic rings. The van der Waals surface area contributed by atoms with Crippen LogP contribution in [0.15, 0.2) is 24.3 Å². The predicted octanol–water partition coefficient (Wildman–Crippen LogP) is 2.25. The lowest BCUT2D eigenvalue weighted by Gasteiger charge is -2.29. The van der Waals surface area contributed by atoms with Crippen LogP contribution < -0.4 is 10.6 Å². The first-order valence-corrected chi connectivity index (χ1v) is 9.38. The second-order valence-electron chi connectivity index (χ2n) is 7.37. The molecule has 1 aromatic carbocycles. The Kier molecular flexibility index (Phi) is 7.36. The van der Waals surface area contributed by atoms with Crippen LogP contribution in [-0.2, 0) is 14.3 Å². The molecule has 0 heterocycles. The zero-order valence-corrected chi connectivity index (χ0v) is 15.9. The number of rotatable bonds is 7. The Hall–Kier alpha value is -2.41. The Labute approximate surface area is 159 Å². The summed E-state index contributed by atoms with van der Waals surface area (Å²) in [6.45, 7) is 3.99. The monoisotopic (exact) mass is 376 g/mol. The van der Waals surface area contributed by atoms with Gasteiger partial charge in [-0.1, -0.05) is 32.4 Å². The molecule has 2 amide bonds. The molecule has 148 valence electrons. The van der Waals surface area contributed by atoms with Crippen molar-refractivity contribution in [3.05, 3.63) is 29.8 Å². The van der Waals surface area contributed by atoms with E-state index >= 15 is 0 Å². The van der Waals surface area contributed by atoms with Crippen LogP contribution in [0.2, 0.25) is 0 Å². The van der Waals surface area contributed by atoms with Crippen molar-refractivity contribution in [1.82, 2.24) is 5.32 Å². The molecule has 0 bridgehead atoms. The Balaban J connectivity index is 1.92. The highest BCUT2D eigenvalue weighted by Crippen LogP contribution is 2.29. The Morgan fingerprint density at radius 3 is 2.48 bits per heavy atom. The number of nitrogens with one attached hydrogen (secondary N) is 2. The van der Waals surface area contributed by atoms with Crippen molar-refractivity contribution in [2.45, 2.75) is 51.6 Å². The SMILES string of the molecule is CC(C)CNC(=O)c1ccccc1NC(=O)COC(=O)C1(O)CCCCC1. The van der Waals surface area contributed by atoms with Crippen molar-refractivity contribution in [2.75, 3.05) is 18.5 Å². The van der Waals surface area contributed by atoms with Gasteiger partial charge in [-0.25, -0.2) is 4.79 Å². The molecule has 0 saturated heterocycles. The van der Waals surface area contributed by atoms with E-state index in [4.69, 9.17) is 4.74 Å². The maximum absolute atomic E-state index is 12.3. The van der Waals surface area contributed by atoms with E-state index in [2.05, 4.69) is 10.6 Å². The van der Waals surface area contributed by atoms with Crippen LogP contribution in [0.5, 0.6) is 0 Å². The zero-order valence-electron chi connectivity index (χ0n) is 15.9. The van der Waals surface area contributed by atoms with Crippen molar-refractivity contribution in [3.63, 3.8) is 0 Å². The highest BCUT2D eigenvalue weighted by Gasteiger charge is 2.38. The summed E-state index contributed by atoms with van der Waals surface area (Å²) in [4.78, 5) is 36.5. The third-order valence-corrected chi connectivity index (χ3v) is 4.51. The number of aliphatic hydroxyl groups is 1. The molecule has 7 nitrogen and oxygen atoms in total. The summed E-state index contributed by atoms with van der Waals surface area (Å²) in [7, 11) is 0. The number of benzene rings is 1. The van der Waals surface area contributed by atoms with Gasteiger partial charge in [-0.2, -0.15) is 0 Å². The Morgan fingerprint density at radius 2 is 1.81 bits per heavy atom. The molecule has 3 N–H and O–H groups in total. The van der Waals surface area contributed by atoms with Crippen molar-refractivity contribution in [1.29, 1.82) is 0 Å². The molecule has 0 radical (unpaired) electrons. The number of anilines is 1. The molecule has 1 saturated carbocycles. The minimum absolute atomic E-state index is 0.284. The average molecular weight is 376 g/mol. The van der Waals surface area contributed by atoms with Gasteiger partial charge in [0.25, 0.3) is 11.8 Å². The molecule has 1 fully saturated rings. The van der Waals surface area contributed by atoms with E-state index in [0.29, 0.717) is 36.6 Å². The topological polar surface area (TPSA) is 105 Å². The van der Waals surface area contributed by atoms with Gasteiger partial charge in [-0.05, 0) is 43.7 Å². The largest absolute Gasteiger partial charge is 0.453 e. The molecule has 7 heteroatoms. The summed E-state index contributed by atoms with van der Waals surface area (Å²) in [5, 5.41) is 15.7. The molecular weight excluding hydrogens is 348 g/mol. The van der Waals surface area contributed by atoms with E-state index in [1.807, 2.05) is 13.8 Å².